The maximum absolute atomic E-state index is 11.5. The van der Waals surface area contributed by atoms with Gasteiger partial charge in [0.15, 0.2) is 9.84 Å². The minimum Gasteiger partial charge on any atom is -0.352 e. The summed E-state index contributed by atoms with van der Waals surface area (Å²) in [6.45, 7) is 2.21. The Morgan fingerprint density at radius 3 is 2.86 bits per heavy atom. The van der Waals surface area contributed by atoms with Crippen LogP contribution in [0.4, 0.5) is 5.82 Å². The third-order valence-corrected chi connectivity index (χ3v) is 4.98. The average molecular weight is 342 g/mol. The van der Waals surface area contributed by atoms with Crippen molar-refractivity contribution in [1.82, 2.24) is 20.5 Å². The van der Waals surface area contributed by atoms with Crippen LogP contribution in [-0.2, 0) is 9.84 Å². The first-order valence-electron chi connectivity index (χ1n) is 6.78. The molecule has 118 valence electrons. The van der Waals surface area contributed by atoms with E-state index in [1.54, 1.807) is 6.20 Å². The molecule has 2 aromatic heterocycles. The molecule has 1 aliphatic rings. The van der Waals surface area contributed by atoms with E-state index in [-0.39, 0.29) is 10.9 Å². The highest BCUT2D eigenvalue weighted by molar-refractivity contribution is 7.90. The first-order chi connectivity index (χ1) is 10.4. The van der Waals surface area contributed by atoms with Gasteiger partial charge in [-0.2, -0.15) is 5.10 Å². The second-order valence-corrected chi connectivity index (χ2v) is 7.66. The van der Waals surface area contributed by atoms with Crippen molar-refractivity contribution in [2.75, 3.05) is 30.8 Å². The number of anilines is 1. The summed E-state index contributed by atoms with van der Waals surface area (Å²) in [4.78, 5) is 6.42. The molecule has 0 spiro atoms. The van der Waals surface area contributed by atoms with E-state index < -0.39 is 9.84 Å². The number of nitrogens with one attached hydrogen (secondary N) is 2. The van der Waals surface area contributed by atoms with Crippen LogP contribution in [0.5, 0.6) is 0 Å². The summed E-state index contributed by atoms with van der Waals surface area (Å²) in [5.74, 6) is 0.601. The van der Waals surface area contributed by atoms with Crippen LogP contribution in [0.2, 0.25) is 5.02 Å². The van der Waals surface area contributed by atoms with Gasteiger partial charge in [0.05, 0.1) is 22.2 Å². The minimum absolute atomic E-state index is 0.125. The maximum atomic E-state index is 11.5. The van der Waals surface area contributed by atoms with Gasteiger partial charge in [0, 0.05) is 43.8 Å². The number of H-pyrrole nitrogens is 1. The quantitative estimate of drug-likeness (QED) is 0.866. The Hall–Kier alpha value is -1.64. The molecule has 1 saturated heterocycles. The van der Waals surface area contributed by atoms with E-state index in [4.69, 9.17) is 11.6 Å². The summed E-state index contributed by atoms with van der Waals surface area (Å²) in [5, 5.41) is 10.5. The molecule has 9 heteroatoms. The fourth-order valence-electron chi connectivity index (χ4n) is 2.47. The lowest BCUT2D eigenvalue weighted by Gasteiger charge is -2.34. The molecule has 2 aromatic rings. The zero-order valence-corrected chi connectivity index (χ0v) is 13.5. The molecule has 0 saturated carbocycles. The summed E-state index contributed by atoms with van der Waals surface area (Å²) in [5.41, 5.74) is 1.06. The molecule has 22 heavy (non-hydrogen) atoms. The fraction of sp³-hybridized carbons (Fsp3) is 0.385. The predicted molar refractivity (Wildman–Crippen MR) is 83.9 cm³/mol. The van der Waals surface area contributed by atoms with Crippen molar-refractivity contribution < 1.29 is 8.42 Å². The van der Waals surface area contributed by atoms with Crippen molar-refractivity contribution in [2.24, 2.45) is 0 Å². The third-order valence-electron chi connectivity index (χ3n) is 3.62. The highest BCUT2D eigenvalue weighted by Gasteiger charge is 2.24. The fourth-order valence-corrected chi connectivity index (χ4v) is 3.39. The first kappa shape index (κ1) is 15.3. The molecular weight excluding hydrogens is 326 g/mol. The van der Waals surface area contributed by atoms with Crippen molar-refractivity contribution >= 4 is 27.3 Å². The second-order valence-electron chi connectivity index (χ2n) is 5.23. The summed E-state index contributed by atoms with van der Waals surface area (Å²) in [6, 6.07) is 1.58. The Morgan fingerprint density at radius 2 is 2.23 bits per heavy atom. The molecule has 3 rings (SSSR count). The lowest BCUT2D eigenvalue weighted by atomic mass is 10.1. The minimum atomic E-state index is -3.31. The van der Waals surface area contributed by atoms with Crippen LogP contribution in [0.1, 0.15) is 11.6 Å². The van der Waals surface area contributed by atoms with Gasteiger partial charge in [-0.05, 0) is 6.07 Å². The molecular formula is C13H16ClN5O2S. The number of hydrogen-bond acceptors (Lipinski definition) is 6. The van der Waals surface area contributed by atoms with E-state index in [2.05, 4.69) is 20.5 Å². The first-order valence-corrected chi connectivity index (χ1v) is 9.04. The molecule has 1 fully saturated rings. The van der Waals surface area contributed by atoms with Gasteiger partial charge in [0.2, 0.25) is 0 Å². The van der Waals surface area contributed by atoms with Crippen molar-refractivity contribution in [2.45, 2.75) is 10.9 Å². The van der Waals surface area contributed by atoms with Gasteiger partial charge in [-0.1, -0.05) is 11.6 Å². The SMILES string of the molecule is CS(=O)(=O)c1cnc(N2CCNC(c3cn[nH]c3)C2)c(Cl)c1. The molecule has 1 atom stereocenters. The summed E-state index contributed by atoms with van der Waals surface area (Å²) in [7, 11) is -3.31. The molecule has 7 nitrogen and oxygen atoms in total. The number of pyridine rings is 1. The largest absolute Gasteiger partial charge is 0.352 e. The van der Waals surface area contributed by atoms with Crippen LogP contribution in [0, 0.1) is 0 Å². The Balaban J connectivity index is 1.85. The number of aromatic nitrogens is 3. The Bertz CT molecular complexity index is 763. The van der Waals surface area contributed by atoms with E-state index in [1.165, 1.54) is 12.3 Å². The number of rotatable bonds is 3. The Morgan fingerprint density at radius 1 is 1.41 bits per heavy atom. The summed E-state index contributed by atoms with van der Waals surface area (Å²) in [6.07, 6.45) is 6.12. The molecule has 2 N–H and O–H groups in total. The third kappa shape index (κ3) is 3.08. The summed E-state index contributed by atoms with van der Waals surface area (Å²) >= 11 is 6.23. The Labute approximate surface area is 133 Å². The topological polar surface area (TPSA) is 91.0 Å². The summed E-state index contributed by atoms with van der Waals surface area (Å²) < 4.78 is 23.1. The number of piperazine rings is 1. The number of nitrogens with zero attached hydrogens (tertiary/aromatic N) is 3. The van der Waals surface area contributed by atoms with Crippen LogP contribution in [0.15, 0.2) is 29.6 Å². The Kier molecular flexibility index (Phi) is 4.07. The van der Waals surface area contributed by atoms with Gasteiger partial charge < -0.3 is 10.2 Å². The molecule has 0 radical (unpaired) electrons. The van der Waals surface area contributed by atoms with Crippen LogP contribution in [0.25, 0.3) is 0 Å². The average Bonchev–Trinajstić information content (AvgIpc) is 3.00. The van der Waals surface area contributed by atoms with Gasteiger partial charge in [0.1, 0.15) is 5.82 Å². The normalized spacial score (nSPS) is 19.4. The smallest absolute Gasteiger partial charge is 0.177 e. The standard InChI is InChI=1S/C13H16ClN5O2S/c1-22(20,21)10-4-11(14)13(16-7-10)19-3-2-15-12(8-19)9-5-17-18-6-9/h4-7,12,15H,2-3,8H2,1H3,(H,17,18). The van der Waals surface area contributed by atoms with E-state index >= 15 is 0 Å². The van der Waals surface area contributed by atoms with Crippen molar-refractivity contribution in [1.29, 1.82) is 0 Å². The molecule has 1 unspecified atom stereocenters. The molecule has 0 amide bonds. The lowest BCUT2D eigenvalue weighted by Crippen LogP contribution is -2.46. The molecule has 1 aliphatic heterocycles. The molecule has 3 heterocycles. The maximum Gasteiger partial charge on any atom is 0.177 e. The molecule has 0 aromatic carbocycles. The van der Waals surface area contributed by atoms with E-state index in [0.29, 0.717) is 17.4 Å². The van der Waals surface area contributed by atoms with Crippen LogP contribution < -0.4 is 10.2 Å². The lowest BCUT2D eigenvalue weighted by molar-refractivity contribution is 0.469. The zero-order chi connectivity index (χ0) is 15.7. The molecule has 0 aliphatic carbocycles. The molecule has 0 bridgehead atoms. The van der Waals surface area contributed by atoms with Crippen LogP contribution >= 0.6 is 11.6 Å². The van der Waals surface area contributed by atoms with Crippen LogP contribution in [0.3, 0.4) is 0 Å². The van der Waals surface area contributed by atoms with E-state index in [9.17, 15) is 8.42 Å². The monoisotopic (exact) mass is 341 g/mol. The predicted octanol–water partition coefficient (Wildman–Crippen LogP) is 1.01. The van der Waals surface area contributed by atoms with E-state index in [1.807, 2.05) is 11.1 Å². The van der Waals surface area contributed by atoms with Gasteiger partial charge in [-0.15, -0.1) is 0 Å². The number of halogens is 1. The second kappa shape index (κ2) is 5.86. The van der Waals surface area contributed by atoms with Gasteiger partial charge in [0.25, 0.3) is 0 Å². The van der Waals surface area contributed by atoms with Crippen molar-refractivity contribution in [3.05, 3.63) is 35.2 Å². The van der Waals surface area contributed by atoms with Gasteiger partial charge in [-0.25, -0.2) is 13.4 Å². The van der Waals surface area contributed by atoms with Crippen molar-refractivity contribution in [3.8, 4) is 0 Å². The highest BCUT2D eigenvalue weighted by atomic mass is 35.5. The number of hydrogen-bond donors (Lipinski definition) is 2. The number of aromatic amines is 1. The number of sulfone groups is 1. The van der Waals surface area contributed by atoms with Gasteiger partial charge in [-0.3, -0.25) is 5.10 Å². The van der Waals surface area contributed by atoms with E-state index in [0.717, 1.165) is 24.9 Å². The van der Waals surface area contributed by atoms with Crippen molar-refractivity contribution in [3.63, 3.8) is 0 Å². The zero-order valence-electron chi connectivity index (χ0n) is 12.0. The highest BCUT2D eigenvalue weighted by Crippen LogP contribution is 2.28. The van der Waals surface area contributed by atoms with Crippen LogP contribution in [-0.4, -0.2) is 49.5 Å². The van der Waals surface area contributed by atoms with Gasteiger partial charge >= 0.3 is 0 Å².